The van der Waals surface area contributed by atoms with Gasteiger partial charge in [0, 0.05) is 0 Å². The molecule has 1 heterocycles. The molecule has 1 fully saturated rings. The Balaban J connectivity index is 2.23. The molecule has 1 saturated heterocycles. The third kappa shape index (κ3) is 2.93. The topological polar surface area (TPSA) is 21.3 Å². The molecule has 0 aliphatic carbocycles. The normalized spacial score (nSPS) is 25.3. The Morgan fingerprint density at radius 3 is 2.67 bits per heavy atom. The summed E-state index contributed by atoms with van der Waals surface area (Å²) in [6.45, 7) is 9.66. The average molecular weight is 247 g/mol. The van der Waals surface area contributed by atoms with E-state index in [9.17, 15) is 0 Å². The summed E-state index contributed by atoms with van der Waals surface area (Å²) >= 11 is 0. The van der Waals surface area contributed by atoms with Crippen molar-refractivity contribution >= 4 is 0 Å². The Bertz CT molecular complexity index is 402. The summed E-state index contributed by atoms with van der Waals surface area (Å²) < 4.78 is 6.05. The minimum absolute atomic E-state index is 0.321. The molecule has 1 aromatic carbocycles. The minimum atomic E-state index is 0.321. The maximum atomic E-state index is 6.05. The highest BCUT2D eigenvalue weighted by molar-refractivity contribution is 5.33. The van der Waals surface area contributed by atoms with Crippen molar-refractivity contribution in [3.8, 4) is 0 Å². The van der Waals surface area contributed by atoms with Crippen molar-refractivity contribution in [1.82, 2.24) is 5.32 Å². The molecule has 0 spiro atoms. The van der Waals surface area contributed by atoms with Crippen LogP contribution < -0.4 is 5.32 Å². The lowest BCUT2D eigenvalue weighted by Gasteiger charge is -2.26. The van der Waals surface area contributed by atoms with Crippen LogP contribution in [-0.2, 0) is 4.74 Å². The molecule has 0 bridgehead atoms. The van der Waals surface area contributed by atoms with E-state index in [1.165, 1.54) is 23.1 Å². The zero-order valence-electron chi connectivity index (χ0n) is 12.0. The third-order valence-electron chi connectivity index (χ3n) is 3.82. The van der Waals surface area contributed by atoms with Gasteiger partial charge >= 0.3 is 0 Å². The number of rotatable bonds is 4. The standard InChI is InChI=1S/C16H25NO/c1-5-17-16(15-9-7-13(4)18-15)14-8-6-11(2)10-12(14)3/h6,8,10,13,15-17H,5,7,9H2,1-4H3. The first-order chi connectivity index (χ1) is 8.61. The molecule has 3 atom stereocenters. The second-order valence-electron chi connectivity index (χ2n) is 5.46. The van der Waals surface area contributed by atoms with Crippen molar-refractivity contribution in [2.75, 3.05) is 6.54 Å². The predicted octanol–water partition coefficient (Wildman–Crippen LogP) is 3.52. The fourth-order valence-electron chi connectivity index (χ4n) is 2.91. The number of hydrogen-bond acceptors (Lipinski definition) is 2. The maximum absolute atomic E-state index is 6.05. The first-order valence-electron chi connectivity index (χ1n) is 7.07. The summed E-state index contributed by atoms with van der Waals surface area (Å²) in [5, 5.41) is 3.60. The van der Waals surface area contributed by atoms with Crippen molar-refractivity contribution in [3.05, 3.63) is 34.9 Å². The molecular formula is C16H25NO. The summed E-state index contributed by atoms with van der Waals surface area (Å²) in [6, 6.07) is 7.05. The fraction of sp³-hybridized carbons (Fsp3) is 0.625. The van der Waals surface area contributed by atoms with Gasteiger partial charge in [-0.3, -0.25) is 0 Å². The van der Waals surface area contributed by atoms with E-state index in [1.54, 1.807) is 0 Å². The van der Waals surface area contributed by atoms with E-state index >= 15 is 0 Å². The van der Waals surface area contributed by atoms with Gasteiger partial charge < -0.3 is 10.1 Å². The summed E-state index contributed by atoms with van der Waals surface area (Å²) in [4.78, 5) is 0. The van der Waals surface area contributed by atoms with Crippen LogP contribution in [-0.4, -0.2) is 18.8 Å². The van der Waals surface area contributed by atoms with Gasteiger partial charge in [0.25, 0.3) is 0 Å². The number of hydrogen-bond donors (Lipinski definition) is 1. The van der Waals surface area contributed by atoms with Gasteiger partial charge in [-0.25, -0.2) is 0 Å². The van der Waals surface area contributed by atoms with Crippen molar-refractivity contribution in [2.24, 2.45) is 0 Å². The lowest BCUT2D eigenvalue weighted by molar-refractivity contribution is 0.0318. The molecule has 18 heavy (non-hydrogen) atoms. The quantitative estimate of drug-likeness (QED) is 0.879. The van der Waals surface area contributed by atoms with Crippen LogP contribution in [0.4, 0.5) is 0 Å². The van der Waals surface area contributed by atoms with Crippen molar-refractivity contribution in [2.45, 2.75) is 58.8 Å². The SMILES string of the molecule is CCNC(c1ccc(C)cc1C)C1CCC(C)O1. The van der Waals surface area contributed by atoms with Gasteiger partial charge in [-0.2, -0.15) is 0 Å². The lowest BCUT2D eigenvalue weighted by Crippen LogP contribution is -2.32. The molecule has 0 aromatic heterocycles. The Labute approximate surface area is 111 Å². The molecule has 1 aromatic rings. The van der Waals surface area contributed by atoms with E-state index in [1.807, 2.05) is 0 Å². The van der Waals surface area contributed by atoms with Crippen LogP contribution in [0.25, 0.3) is 0 Å². The zero-order valence-corrected chi connectivity index (χ0v) is 12.0. The van der Waals surface area contributed by atoms with E-state index in [4.69, 9.17) is 4.74 Å². The number of nitrogens with one attached hydrogen (secondary N) is 1. The molecule has 3 unspecified atom stereocenters. The zero-order chi connectivity index (χ0) is 13.1. The second kappa shape index (κ2) is 5.85. The smallest absolute Gasteiger partial charge is 0.0774 e. The van der Waals surface area contributed by atoms with Crippen molar-refractivity contribution < 1.29 is 4.74 Å². The molecule has 1 aliphatic rings. The monoisotopic (exact) mass is 247 g/mol. The number of aryl methyl sites for hydroxylation is 2. The second-order valence-corrected chi connectivity index (χ2v) is 5.46. The first kappa shape index (κ1) is 13.6. The molecule has 100 valence electrons. The molecule has 2 heteroatoms. The molecule has 0 amide bonds. The molecular weight excluding hydrogens is 222 g/mol. The predicted molar refractivity (Wildman–Crippen MR) is 75.9 cm³/mol. The number of ether oxygens (including phenoxy) is 1. The lowest BCUT2D eigenvalue weighted by atomic mass is 9.94. The van der Waals surface area contributed by atoms with Gasteiger partial charge in [0.2, 0.25) is 0 Å². The van der Waals surface area contributed by atoms with Gasteiger partial charge in [0.05, 0.1) is 18.2 Å². The van der Waals surface area contributed by atoms with Crippen LogP contribution in [0, 0.1) is 13.8 Å². The average Bonchev–Trinajstić information content (AvgIpc) is 2.73. The van der Waals surface area contributed by atoms with E-state index in [0.717, 1.165) is 13.0 Å². The summed E-state index contributed by atoms with van der Waals surface area (Å²) in [5.41, 5.74) is 4.08. The van der Waals surface area contributed by atoms with E-state index in [2.05, 4.69) is 51.2 Å². The minimum Gasteiger partial charge on any atom is -0.373 e. The van der Waals surface area contributed by atoms with E-state index < -0.39 is 0 Å². The Morgan fingerprint density at radius 1 is 1.33 bits per heavy atom. The van der Waals surface area contributed by atoms with Gasteiger partial charge in [-0.15, -0.1) is 0 Å². The van der Waals surface area contributed by atoms with Crippen LogP contribution in [0.1, 0.15) is 49.4 Å². The van der Waals surface area contributed by atoms with Crippen LogP contribution in [0.2, 0.25) is 0 Å². The third-order valence-corrected chi connectivity index (χ3v) is 3.82. The van der Waals surface area contributed by atoms with Crippen molar-refractivity contribution in [1.29, 1.82) is 0 Å². The molecule has 2 nitrogen and oxygen atoms in total. The van der Waals surface area contributed by atoms with E-state index in [0.29, 0.717) is 18.2 Å². The highest BCUT2D eigenvalue weighted by Crippen LogP contribution is 2.31. The van der Waals surface area contributed by atoms with Gasteiger partial charge in [0.15, 0.2) is 0 Å². The summed E-state index contributed by atoms with van der Waals surface area (Å²) in [7, 11) is 0. The fourth-order valence-corrected chi connectivity index (χ4v) is 2.91. The van der Waals surface area contributed by atoms with Crippen LogP contribution in [0.15, 0.2) is 18.2 Å². The van der Waals surface area contributed by atoms with Crippen LogP contribution in [0.3, 0.4) is 0 Å². The van der Waals surface area contributed by atoms with Crippen LogP contribution in [0.5, 0.6) is 0 Å². The highest BCUT2D eigenvalue weighted by atomic mass is 16.5. The summed E-state index contributed by atoms with van der Waals surface area (Å²) in [5.74, 6) is 0. The molecule has 1 N–H and O–H groups in total. The van der Waals surface area contributed by atoms with Crippen molar-refractivity contribution in [3.63, 3.8) is 0 Å². The summed E-state index contributed by atoms with van der Waals surface area (Å²) in [6.07, 6.45) is 3.06. The molecule has 0 saturated carbocycles. The highest BCUT2D eigenvalue weighted by Gasteiger charge is 2.30. The van der Waals surface area contributed by atoms with Gasteiger partial charge in [-0.1, -0.05) is 30.7 Å². The first-order valence-corrected chi connectivity index (χ1v) is 7.07. The Morgan fingerprint density at radius 2 is 2.11 bits per heavy atom. The molecule has 0 radical (unpaired) electrons. The largest absolute Gasteiger partial charge is 0.373 e. The number of likely N-dealkylation sites (N-methyl/N-ethyl adjacent to an activating group) is 1. The number of benzene rings is 1. The maximum Gasteiger partial charge on any atom is 0.0774 e. The molecule has 2 rings (SSSR count). The Kier molecular flexibility index (Phi) is 4.41. The van der Waals surface area contributed by atoms with Crippen LogP contribution >= 0.6 is 0 Å². The van der Waals surface area contributed by atoms with E-state index in [-0.39, 0.29) is 0 Å². The van der Waals surface area contributed by atoms with Gasteiger partial charge in [-0.05, 0) is 51.3 Å². The molecule has 1 aliphatic heterocycles. The van der Waals surface area contributed by atoms with Gasteiger partial charge in [0.1, 0.15) is 0 Å². The Hall–Kier alpha value is -0.860.